The summed E-state index contributed by atoms with van der Waals surface area (Å²) in [5, 5.41) is 0.447. The van der Waals surface area contributed by atoms with Crippen LogP contribution in [-0.4, -0.2) is 21.3 Å². The van der Waals surface area contributed by atoms with Crippen LogP contribution in [0.4, 0.5) is 0 Å². The molecule has 0 unspecified atom stereocenters. The van der Waals surface area contributed by atoms with Crippen molar-refractivity contribution in [2.45, 2.75) is 17.7 Å². The molecule has 0 aliphatic rings. The summed E-state index contributed by atoms with van der Waals surface area (Å²) in [6, 6.07) is 14.9. The van der Waals surface area contributed by atoms with Crippen LogP contribution in [0.15, 0.2) is 58.8 Å². The first-order valence-corrected chi connectivity index (χ1v) is 11.2. The first kappa shape index (κ1) is 21.3. The monoisotopic (exact) mass is 451 g/mol. The molecule has 0 spiro atoms. The molecule has 0 aliphatic heterocycles. The van der Waals surface area contributed by atoms with Crippen LogP contribution in [0.5, 0.6) is 16.6 Å². The fourth-order valence-electron chi connectivity index (χ4n) is 2.39. The van der Waals surface area contributed by atoms with Gasteiger partial charge in [0.2, 0.25) is 5.06 Å². The molecule has 3 aromatic rings. The summed E-state index contributed by atoms with van der Waals surface area (Å²) in [5.74, 6) is 1.09. The van der Waals surface area contributed by atoms with Gasteiger partial charge in [0.05, 0.1) is 12.1 Å². The zero-order valence-corrected chi connectivity index (χ0v) is 18.0. The lowest BCUT2D eigenvalue weighted by Gasteiger charge is -2.06. The highest BCUT2D eigenvalue weighted by Gasteiger charge is 2.21. The number of Topliss-reactive ketones (excluding diaryl/α,β-unsaturated/α-hetero) is 1. The van der Waals surface area contributed by atoms with Gasteiger partial charge in [0, 0.05) is 12.1 Å². The third-order valence-electron chi connectivity index (χ3n) is 3.99. The molecule has 1 aromatic heterocycles. The number of methoxy groups -OCH3 is 1. The Hall–Kier alpha value is -2.39. The summed E-state index contributed by atoms with van der Waals surface area (Å²) in [4.78, 5) is 11.3. The summed E-state index contributed by atoms with van der Waals surface area (Å²) in [6.45, 7) is 1.60. The summed E-state index contributed by atoms with van der Waals surface area (Å²) < 4.78 is 38.5. The molecule has 0 amide bonds. The Balaban J connectivity index is 1.70. The maximum atomic E-state index is 12.6. The molecule has 152 valence electrons. The minimum absolute atomic E-state index is 0.0476. The molecular weight excluding hydrogens is 434 g/mol. The largest absolute Gasteiger partial charge is 0.497 e. The van der Waals surface area contributed by atoms with E-state index in [1.54, 1.807) is 55.6 Å². The normalized spacial score (nSPS) is 11.3. The van der Waals surface area contributed by atoms with E-state index in [9.17, 15) is 13.2 Å². The number of hydrogen-bond donors (Lipinski definition) is 1. The van der Waals surface area contributed by atoms with E-state index in [0.29, 0.717) is 17.1 Å². The number of benzene rings is 2. The maximum Gasteiger partial charge on any atom is 0.250 e. The molecule has 0 aliphatic carbocycles. The molecule has 0 atom stereocenters. The van der Waals surface area contributed by atoms with E-state index < -0.39 is 10.0 Å². The van der Waals surface area contributed by atoms with Crippen molar-refractivity contribution in [2.75, 3.05) is 7.11 Å². The summed E-state index contributed by atoms with van der Waals surface area (Å²) in [6.07, 6.45) is 0. The van der Waals surface area contributed by atoms with Crippen molar-refractivity contribution in [1.29, 1.82) is 0 Å². The van der Waals surface area contributed by atoms with Gasteiger partial charge >= 0.3 is 0 Å². The number of halogens is 1. The molecule has 1 N–H and O–H groups in total. The molecule has 0 saturated heterocycles. The molecule has 0 saturated carbocycles. The highest BCUT2D eigenvalue weighted by Crippen LogP contribution is 2.39. The second kappa shape index (κ2) is 8.96. The average molecular weight is 452 g/mol. The van der Waals surface area contributed by atoms with Gasteiger partial charge in [-0.1, -0.05) is 35.1 Å². The van der Waals surface area contributed by atoms with Gasteiger partial charge in [-0.2, -0.15) is 0 Å². The molecule has 0 bridgehead atoms. The molecule has 29 heavy (non-hydrogen) atoms. The highest BCUT2D eigenvalue weighted by atomic mass is 35.5. The summed E-state index contributed by atoms with van der Waals surface area (Å²) in [7, 11) is -2.19. The standard InChI is InChI=1S/C20H18ClNO5S2/c1-13(23)15-5-9-17(10-6-15)27-20-18(21)11-19(28-20)29(24,25)22-12-14-3-7-16(26-2)8-4-14/h3-11,22H,12H2,1-2H3. The Bertz CT molecular complexity index is 1110. The van der Waals surface area contributed by atoms with Crippen molar-refractivity contribution in [3.8, 4) is 16.6 Å². The van der Waals surface area contributed by atoms with E-state index in [-0.39, 0.29) is 26.6 Å². The van der Waals surface area contributed by atoms with Crippen molar-refractivity contribution in [2.24, 2.45) is 0 Å². The third kappa shape index (κ3) is 5.36. The second-order valence-electron chi connectivity index (χ2n) is 6.06. The topological polar surface area (TPSA) is 81.7 Å². The van der Waals surface area contributed by atoms with Gasteiger partial charge < -0.3 is 9.47 Å². The highest BCUT2D eigenvalue weighted by molar-refractivity contribution is 7.91. The lowest BCUT2D eigenvalue weighted by atomic mass is 10.1. The van der Waals surface area contributed by atoms with Gasteiger partial charge in [-0.15, -0.1) is 0 Å². The number of carbonyl (C=O) groups is 1. The van der Waals surface area contributed by atoms with E-state index in [0.717, 1.165) is 16.9 Å². The molecular formula is C20H18ClNO5S2. The lowest BCUT2D eigenvalue weighted by Crippen LogP contribution is -2.22. The van der Waals surface area contributed by atoms with Crippen LogP contribution in [0, 0.1) is 0 Å². The van der Waals surface area contributed by atoms with Crippen molar-refractivity contribution in [3.05, 3.63) is 70.7 Å². The fraction of sp³-hybridized carbons (Fsp3) is 0.150. The smallest absolute Gasteiger partial charge is 0.250 e. The number of carbonyl (C=O) groups excluding carboxylic acids is 1. The Morgan fingerprint density at radius 2 is 1.69 bits per heavy atom. The predicted octanol–water partition coefficient (Wildman–Crippen LogP) is 4.88. The van der Waals surface area contributed by atoms with E-state index in [2.05, 4.69) is 4.72 Å². The van der Waals surface area contributed by atoms with Crippen molar-refractivity contribution in [1.82, 2.24) is 4.72 Å². The van der Waals surface area contributed by atoms with E-state index in [1.807, 2.05) is 0 Å². The van der Waals surface area contributed by atoms with E-state index in [1.165, 1.54) is 13.0 Å². The van der Waals surface area contributed by atoms with Gasteiger partial charge in [-0.25, -0.2) is 13.1 Å². The Morgan fingerprint density at radius 3 is 2.28 bits per heavy atom. The first-order valence-electron chi connectivity index (χ1n) is 8.49. The van der Waals surface area contributed by atoms with E-state index >= 15 is 0 Å². The van der Waals surface area contributed by atoms with Gasteiger partial charge in [-0.3, -0.25) is 4.79 Å². The molecule has 0 radical (unpaired) electrons. The molecule has 1 heterocycles. The number of nitrogens with one attached hydrogen (secondary N) is 1. The number of ether oxygens (including phenoxy) is 2. The van der Waals surface area contributed by atoms with Crippen LogP contribution >= 0.6 is 22.9 Å². The average Bonchev–Trinajstić information content (AvgIpc) is 3.08. The number of sulfonamides is 1. The predicted molar refractivity (Wildman–Crippen MR) is 113 cm³/mol. The number of ketones is 1. The van der Waals surface area contributed by atoms with Crippen LogP contribution < -0.4 is 14.2 Å². The lowest BCUT2D eigenvalue weighted by molar-refractivity contribution is 0.101. The molecule has 3 rings (SSSR count). The Kier molecular flexibility index (Phi) is 6.59. The Morgan fingerprint density at radius 1 is 1.07 bits per heavy atom. The minimum Gasteiger partial charge on any atom is -0.497 e. The quantitative estimate of drug-likeness (QED) is 0.493. The Labute approximate surface area is 178 Å². The SMILES string of the molecule is COc1ccc(CNS(=O)(=O)c2cc(Cl)c(Oc3ccc(C(C)=O)cc3)s2)cc1. The third-order valence-corrected chi connectivity index (χ3v) is 7.28. The molecule has 6 nitrogen and oxygen atoms in total. The van der Waals surface area contributed by atoms with E-state index in [4.69, 9.17) is 21.1 Å². The first-order chi connectivity index (χ1) is 13.8. The molecule has 2 aromatic carbocycles. The van der Waals surface area contributed by atoms with Crippen LogP contribution in [0.3, 0.4) is 0 Å². The van der Waals surface area contributed by atoms with Crippen LogP contribution in [-0.2, 0) is 16.6 Å². The fourth-order valence-corrected chi connectivity index (χ4v) is 5.05. The number of rotatable bonds is 8. The van der Waals surface area contributed by atoms with Crippen molar-refractivity contribution < 1.29 is 22.7 Å². The molecule has 9 heteroatoms. The summed E-state index contributed by atoms with van der Waals surface area (Å²) >= 11 is 7.08. The zero-order valence-electron chi connectivity index (χ0n) is 15.6. The summed E-state index contributed by atoms with van der Waals surface area (Å²) in [5.41, 5.74) is 1.35. The van der Waals surface area contributed by atoms with Gasteiger partial charge in [0.1, 0.15) is 15.7 Å². The second-order valence-corrected chi connectivity index (χ2v) is 9.47. The molecule has 0 fully saturated rings. The number of hydrogen-bond acceptors (Lipinski definition) is 6. The van der Waals surface area contributed by atoms with Crippen molar-refractivity contribution in [3.63, 3.8) is 0 Å². The van der Waals surface area contributed by atoms with Crippen molar-refractivity contribution >= 4 is 38.7 Å². The zero-order chi connectivity index (χ0) is 21.0. The van der Waals surface area contributed by atoms with Gasteiger partial charge in [-0.05, 0) is 55.0 Å². The van der Waals surface area contributed by atoms with Gasteiger partial charge in [0.15, 0.2) is 5.78 Å². The maximum absolute atomic E-state index is 12.6. The van der Waals surface area contributed by atoms with Crippen LogP contribution in [0.25, 0.3) is 0 Å². The minimum atomic E-state index is -3.76. The van der Waals surface area contributed by atoms with Crippen LogP contribution in [0.2, 0.25) is 5.02 Å². The van der Waals surface area contributed by atoms with Crippen LogP contribution in [0.1, 0.15) is 22.8 Å². The number of thiophene rings is 1. The van der Waals surface area contributed by atoms with Gasteiger partial charge in [0.25, 0.3) is 10.0 Å².